The van der Waals surface area contributed by atoms with Crippen LogP contribution in [-0.4, -0.2) is 24.6 Å². The molecule has 0 rings (SSSR count). The molecule has 0 unspecified atom stereocenters. The van der Waals surface area contributed by atoms with E-state index in [0.717, 1.165) is 19.4 Å². The zero-order chi connectivity index (χ0) is 7.82. The molecular weight excluding hydrogens is 130 g/mol. The summed E-state index contributed by atoms with van der Waals surface area (Å²) in [7, 11) is 1.91. The molecule has 60 valence electrons. The molecule has 4 N–H and O–H groups in total. The largest absolute Gasteiger partial charge is 0.409 e. The van der Waals surface area contributed by atoms with Crippen LogP contribution in [0.15, 0.2) is 5.16 Å². The van der Waals surface area contributed by atoms with Crippen molar-refractivity contribution in [2.75, 3.05) is 13.6 Å². The number of amidine groups is 1. The fourth-order valence-electron chi connectivity index (χ4n) is 0.658. The molecule has 0 radical (unpaired) electrons. The van der Waals surface area contributed by atoms with Gasteiger partial charge in [0.15, 0.2) is 0 Å². The van der Waals surface area contributed by atoms with E-state index >= 15 is 0 Å². The molecule has 0 fully saturated rings. The number of nitrogens with zero attached hydrogens (tertiary/aromatic N) is 1. The van der Waals surface area contributed by atoms with Crippen molar-refractivity contribution in [1.82, 2.24) is 5.32 Å². The van der Waals surface area contributed by atoms with Crippen molar-refractivity contribution in [3.05, 3.63) is 0 Å². The highest BCUT2D eigenvalue weighted by Crippen LogP contribution is 1.92. The molecule has 0 heterocycles. The molecule has 0 bridgehead atoms. The Morgan fingerprint density at radius 3 is 2.80 bits per heavy atom. The molecule has 0 saturated carbocycles. The van der Waals surface area contributed by atoms with E-state index in [0.29, 0.717) is 12.3 Å². The Bertz CT molecular complexity index is 103. The average molecular weight is 145 g/mol. The van der Waals surface area contributed by atoms with Crippen LogP contribution in [-0.2, 0) is 0 Å². The first-order valence-electron chi connectivity index (χ1n) is 3.42. The molecule has 0 aromatic heterocycles. The summed E-state index contributed by atoms with van der Waals surface area (Å²) in [6, 6.07) is 0. The van der Waals surface area contributed by atoms with Gasteiger partial charge in [-0.25, -0.2) is 0 Å². The predicted octanol–water partition coefficient (Wildman–Crippen LogP) is 0.122. The molecule has 4 heteroatoms. The summed E-state index contributed by atoms with van der Waals surface area (Å²) >= 11 is 0. The van der Waals surface area contributed by atoms with Gasteiger partial charge in [-0.15, -0.1) is 0 Å². The van der Waals surface area contributed by atoms with Crippen molar-refractivity contribution >= 4 is 5.84 Å². The second-order valence-corrected chi connectivity index (χ2v) is 2.15. The SMILES string of the molecule is CNCCCCC(N)=NO. The third kappa shape index (κ3) is 5.37. The molecule has 0 aromatic rings. The summed E-state index contributed by atoms with van der Waals surface area (Å²) in [5, 5.41) is 14.0. The Kier molecular flexibility index (Phi) is 5.86. The number of oxime groups is 1. The summed E-state index contributed by atoms with van der Waals surface area (Å²) in [5.41, 5.74) is 5.23. The Morgan fingerprint density at radius 1 is 1.60 bits per heavy atom. The van der Waals surface area contributed by atoms with Crippen LogP contribution in [0.3, 0.4) is 0 Å². The van der Waals surface area contributed by atoms with E-state index < -0.39 is 0 Å². The molecule has 4 nitrogen and oxygen atoms in total. The molecule has 0 atom stereocenters. The smallest absolute Gasteiger partial charge is 0.139 e. The Labute approximate surface area is 61.1 Å². The van der Waals surface area contributed by atoms with Crippen LogP contribution >= 0.6 is 0 Å². The minimum Gasteiger partial charge on any atom is -0.409 e. The summed E-state index contributed by atoms with van der Waals surface area (Å²) < 4.78 is 0. The van der Waals surface area contributed by atoms with Crippen molar-refractivity contribution in [2.24, 2.45) is 10.9 Å². The van der Waals surface area contributed by atoms with Crippen molar-refractivity contribution in [1.29, 1.82) is 0 Å². The summed E-state index contributed by atoms with van der Waals surface area (Å²) in [5.74, 6) is 0.316. The maximum atomic E-state index is 8.14. The first-order valence-corrected chi connectivity index (χ1v) is 3.42. The monoisotopic (exact) mass is 145 g/mol. The minimum absolute atomic E-state index is 0.316. The van der Waals surface area contributed by atoms with Gasteiger partial charge >= 0.3 is 0 Å². The van der Waals surface area contributed by atoms with E-state index in [1.165, 1.54) is 0 Å². The maximum Gasteiger partial charge on any atom is 0.139 e. The lowest BCUT2D eigenvalue weighted by molar-refractivity contribution is 0.316. The van der Waals surface area contributed by atoms with Gasteiger partial charge in [-0.3, -0.25) is 0 Å². The first-order chi connectivity index (χ1) is 4.81. The molecule has 0 aliphatic carbocycles. The normalized spacial score (nSPS) is 11.9. The molecule has 0 aliphatic heterocycles. The van der Waals surface area contributed by atoms with E-state index in [9.17, 15) is 0 Å². The molecule has 0 aromatic carbocycles. The van der Waals surface area contributed by atoms with Crippen LogP contribution in [0, 0.1) is 0 Å². The zero-order valence-corrected chi connectivity index (χ0v) is 6.30. The minimum atomic E-state index is 0.316. The van der Waals surface area contributed by atoms with Gasteiger partial charge in [0.2, 0.25) is 0 Å². The summed E-state index contributed by atoms with van der Waals surface area (Å²) in [4.78, 5) is 0. The van der Waals surface area contributed by atoms with Gasteiger partial charge in [-0.05, 0) is 26.4 Å². The van der Waals surface area contributed by atoms with Gasteiger partial charge in [-0.2, -0.15) is 0 Å². The van der Waals surface area contributed by atoms with E-state index in [1.54, 1.807) is 0 Å². The van der Waals surface area contributed by atoms with Crippen LogP contribution in [0.1, 0.15) is 19.3 Å². The third-order valence-corrected chi connectivity index (χ3v) is 1.24. The number of nitrogens with two attached hydrogens (primary N) is 1. The van der Waals surface area contributed by atoms with Gasteiger partial charge in [0.05, 0.1) is 0 Å². The lowest BCUT2D eigenvalue weighted by Crippen LogP contribution is -2.13. The number of nitrogens with one attached hydrogen (secondary N) is 1. The second kappa shape index (κ2) is 6.35. The highest BCUT2D eigenvalue weighted by Gasteiger charge is 1.91. The van der Waals surface area contributed by atoms with Gasteiger partial charge in [-0.1, -0.05) is 5.16 Å². The zero-order valence-electron chi connectivity index (χ0n) is 6.30. The topological polar surface area (TPSA) is 70.6 Å². The standard InChI is InChI=1S/C6H15N3O/c1-8-5-3-2-4-6(7)9-10/h8,10H,2-5H2,1H3,(H2,7,9). The first kappa shape index (κ1) is 9.23. The van der Waals surface area contributed by atoms with Crippen molar-refractivity contribution in [3.8, 4) is 0 Å². The van der Waals surface area contributed by atoms with Crippen LogP contribution in [0.2, 0.25) is 0 Å². The molecule has 0 saturated heterocycles. The highest BCUT2D eigenvalue weighted by molar-refractivity contribution is 5.79. The average Bonchev–Trinajstić information content (AvgIpc) is 1.98. The van der Waals surface area contributed by atoms with E-state index in [4.69, 9.17) is 10.9 Å². The Morgan fingerprint density at radius 2 is 2.30 bits per heavy atom. The fraction of sp³-hybridized carbons (Fsp3) is 0.833. The molecular formula is C6H15N3O. The van der Waals surface area contributed by atoms with Gasteiger partial charge < -0.3 is 16.3 Å². The molecule has 0 aliphatic rings. The Hall–Kier alpha value is -0.770. The fourth-order valence-corrected chi connectivity index (χ4v) is 0.658. The quantitative estimate of drug-likeness (QED) is 0.169. The summed E-state index contributed by atoms with van der Waals surface area (Å²) in [6.45, 7) is 0.985. The third-order valence-electron chi connectivity index (χ3n) is 1.24. The number of rotatable bonds is 5. The van der Waals surface area contributed by atoms with Crippen LogP contribution in [0.4, 0.5) is 0 Å². The second-order valence-electron chi connectivity index (χ2n) is 2.15. The maximum absolute atomic E-state index is 8.14. The van der Waals surface area contributed by atoms with E-state index in [-0.39, 0.29) is 0 Å². The molecule has 0 spiro atoms. The molecule has 0 amide bonds. The van der Waals surface area contributed by atoms with Crippen molar-refractivity contribution < 1.29 is 5.21 Å². The highest BCUT2D eigenvalue weighted by atomic mass is 16.4. The van der Waals surface area contributed by atoms with E-state index in [2.05, 4.69) is 10.5 Å². The Balaban J connectivity index is 3.04. The van der Waals surface area contributed by atoms with Crippen LogP contribution < -0.4 is 11.1 Å². The van der Waals surface area contributed by atoms with Gasteiger partial charge in [0.1, 0.15) is 5.84 Å². The molecule has 10 heavy (non-hydrogen) atoms. The van der Waals surface area contributed by atoms with Crippen LogP contribution in [0.25, 0.3) is 0 Å². The van der Waals surface area contributed by atoms with E-state index in [1.807, 2.05) is 7.05 Å². The lowest BCUT2D eigenvalue weighted by Gasteiger charge is -1.97. The lowest BCUT2D eigenvalue weighted by atomic mass is 10.2. The number of hydrogen-bond donors (Lipinski definition) is 3. The predicted molar refractivity (Wildman–Crippen MR) is 41.2 cm³/mol. The number of unbranched alkanes of at least 4 members (excludes halogenated alkanes) is 1. The van der Waals surface area contributed by atoms with Crippen molar-refractivity contribution in [2.45, 2.75) is 19.3 Å². The van der Waals surface area contributed by atoms with Gasteiger partial charge in [0.25, 0.3) is 0 Å². The van der Waals surface area contributed by atoms with Crippen LogP contribution in [0.5, 0.6) is 0 Å². The summed E-state index contributed by atoms with van der Waals surface area (Å²) in [6.07, 6.45) is 2.71. The van der Waals surface area contributed by atoms with Crippen molar-refractivity contribution in [3.63, 3.8) is 0 Å². The van der Waals surface area contributed by atoms with Gasteiger partial charge in [0, 0.05) is 6.42 Å². The number of hydrogen-bond acceptors (Lipinski definition) is 3.